The zero-order valence-corrected chi connectivity index (χ0v) is 16.8. The molecule has 0 aliphatic heterocycles. The van der Waals surface area contributed by atoms with Crippen LogP contribution in [-0.2, 0) is 13.1 Å². The van der Waals surface area contributed by atoms with Crippen LogP contribution >= 0.6 is 35.3 Å². The van der Waals surface area contributed by atoms with E-state index in [0.717, 1.165) is 30.6 Å². The van der Waals surface area contributed by atoms with Gasteiger partial charge in [0.2, 0.25) is 5.88 Å². The molecule has 0 amide bonds. The predicted octanol–water partition coefficient (Wildman–Crippen LogP) is 3.42. The van der Waals surface area contributed by atoms with E-state index < -0.39 is 0 Å². The Bertz CT molecular complexity index is 627. The Labute approximate surface area is 164 Å². The van der Waals surface area contributed by atoms with E-state index in [0.29, 0.717) is 12.4 Å². The van der Waals surface area contributed by atoms with Gasteiger partial charge in [0.1, 0.15) is 0 Å². The molecule has 2 heterocycles. The number of aromatic nitrogens is 1. The minimum atomic E-state index is 0. The number of aliphatic imine (C=N–C) groups is 1. The van der Waals surface area contributed by atoms with Crippen molar-refractivity contribution in [3.8, 4) is 5.88 Å². The molecular weight excluding hydrogens is 435 g/mol. The molecule has 1 aliphatic carbocycles. The highest BCUT2D eigenvalue weighted by Crippen LogP contribution is 2.29. The summed E-state index contributed by atoms with van der Waals surface area (Å²) in [5.41, 5.74) is 1.10. The zero-order valence-electron chi connectivity index (χ0n) is 13.7. The first-order valence-corrected chi connectivity index (χ1v) is 8.76. The molecule has 0 saturated heterocycles. The zero-order chi connectivity index (χ0) is 15.9. The van der Waals surface area contributed by atoms with Crippen LogP contribution in [0, 0.1) is 5.92 Å². The number of pyridine rings is 1. The summed E-state index contributed by atoms with van der Waals surface area (Å²) in [7, 11) is 1.77. The van der Waals surface area contributed by atoms with Gasteiger partial charge in [-0.05, 0) is 35.8 Å². The number of hydrogen-bond acceptors (Lipinski definition) is 4. The number of guanidine groups is 1. The van der Waals surface area contributed by atoms with Gasteiger partial charge >= 0.3 is 0 Å². The van der Waals surface area contributed by atoms with Crippen molar-refractivity contribution in [3.05, 3.63) is 46.3 Å². The molecule has 0 atom stereocenters. The average molecular weight is 458 g/mol. The van der Waals surface area contributed by atoms with Gasteiger partial charge in [0.15, 0.2) is 5.96 Å². The summed E-state index contributed by atoms with van der Waals surface area (Å²) in [5, 5.41) is 8.66. The average Bonchev–Trinajstić information content (AvgIpc) is 3.28. The molecule has 3 rings (SSSR count). The molecule has 0 spiro atoms. The van der Waals surface area contributed by atoms with E-state index in [9.17, 15) is 0 Å². The Morgan fingerprint density at radius 1 is 1.29 bits per heavy atom. The number of nitrogens with zero attached hydrogens (tertiary/aromatic N) is 2. The summed E-state index contributed by atoms with van der Waals surface area (Å²) >= 11 is 1.73. The van der Waals surface area contributed by atoms with E-state index in [1.54, 1.807) is 18.4 Å². The fourth-order valence-corrected chi connectivity index (χ4v) is 2.72. The van der Waals surface area contributed by atoms with E-state index in [1.165, 1.54) is 17.7 Å². The van der Waals surface area contributed by atoms with Crippen molar-refractivity contribution < 1.29 is 4.74 Å². The lowest BCUT2D eigenvalue weighted by Crippen LogP contribution is -2.36. The van der Waals surface area contributed by atoms with Crippen LogP contribution in [0.1, 0.15) is 23.3 Å². The summed E-state index contributed by atoms with van der Waals surface area (Å²) < 4.78 is 5.65. The number of halogens is 1. The molecule has 1 fully saturated rings. The quantitative estimate of drug-likeness (QED) is 0.380. The second-order valence-electron chi connectivity index (χ2n) is 5.62. The Hall–Kier alpha value is -1.35. The fourth-order valence-electron chi connectivity index (χ4n) is 2.08. The highest BCUT2D eigenvalue weighted by Gasteiger charge is 2.21. The molecule has 24 heavy (non-hydrogen) atoms. The first kappa shape index (κ1) is 19.0. The predicted molar refractivity (Wildman–Crippen MR) is 109 cm³/mol. The summed E-state index contributed by atoms with van der Waals surface area (Å²) in [6.45, 7) is 2.26. The van der Waals surface area contributed by atoms with Crippen LogP contribution in [0.2, 0.25) is 0 Å². The standard InChI is InChI=1S/C17H22N4OS.HI/c1-18-17(21-11-15-3-2-8-23-15)20-10-14-6-7-16(19-9-14)22-12-13-4-5-13;/h2-3,6-9,13H,4-5,10-12H2,1H3,(H2,18,20,21);1H. The third-order valence-electron chi connectivity index (χ3n) is 3.66. The van der Waals surface area contributed by atoms with E-state index >= 15 is 0 Å². The first-order chi connectivity index (χ1) is 11.3. The molecule has 0 radical (unpaired) electrons. The SMILES string of the molecule is CN=C(NCc1ccc(OCC2CC2)nc1)NCc1cccs1.I. The van der Waals surface area contributed by atoms with Crippen molar-refractivity contribution in [1.82, 2.24) is 15.6 Å². The molecule has 0 aromatic carbocycles. The normalized spacial score (nSPS) is 14.0. The molecule has 2 aromatic heterocycles. The van der Waals surface area contributed by atoms with Gasteiger partial charge in [-0.25, -0.2) is 4.98 Å². The van der Waals surface area contributed by atoms with Crippen molar-refractivity contribution in [2.75, 3.05) is 13.7 Å². The number of thiophene rings is 1. The molecule has 2 aromatic rings. The topological polar surface area (TPSA) is 58.5 Å². The molecule has 1 saturated carbocycles. The summed E-state index contributed by atoms with van der Waals surface area (Å²) in [5.74, 6) is 2.24. The highest BCUT2D eigenvalue weighted by atomic mass is 127. The van der Waals surface area contributed by atoms with Crippen LogP contribution in [0.15, 0.2) is 40.8 Å². The van der Waals surface area contributed by atoms with Crippen LogP contribution in [0.25, 0.3) is 0 Å². The Morgan fingerprint density at radius 2 is 2.12 bits per heavy atom. The van der Waals surface area contributed by atoms with Crippen molar-refractivity contribution in [2.45, 2.75) is 25.9 Å². The van der Waals surface area contributed by atoms with E-state index in [4.69, 9.17) is 4.74 Å². The molecule has 130 valence electrons. The van der Waals surface area contributed by atoms with E-state index in [2.05, 4.69) is 38.1 Å². The van der Waals surface area contributed by atoms with Crippen LogP contribution in [0.3, 0.4) is 0 Å². The highest BCUT2D eigenvalue weighted by molar-refractivity contribution is 14.0. The molecule has 0 unspecified atom stereocenters. The van der Waals surface area contributed by atoms with Gasteiger partial charge in [-0.1, -0.05) is 12.1 Å². The molecule has 7 heteroatoms. The van der Waals surface area contributed by atoms with Gasteiger partial charge in [-0.2, -0.15) is 0 Å². The van der Waals surface area contributed by atoms with Crippen LogP contribution < -0.4 is 15.4 Å². The van der Waals surface area contributed by atoms with E-state index in [1.807, 2.05) is 18.3 Å². The van der Waals surface area contributed by atoms with Crippen LogP contribution in [0.5, 0.6) is 5.88 Å². The van der Waals surface area contributed by atoms with Crippen molar-refractivity contribution >= 4 is 41.3 Å². The molecule has 2 N–H and O–H groups in total. The second kappa shape index (κ2) is 9.83. The smallest absolute Gasteiger partial charge is 0.213 e. The monoisotopic (exact) mass is 458 g/mol. The minimum absolute atomic E-state index is 0. The molecular formula is C17H23IN4OS. The van der Waals surface area contributed by atoms with Crippen LogP contribution in [0.4, 0.5) is 0 Å². The second-order valence-corrected chi connectivity index (χ2v) is 6.65. The van der Waals surface area contributed by atoms with Crippen molar-refractivity contribution in [3.63, 3.8) is 0 Å². The number of ether oxygens (including phenoxy) is 1. The summed E-state index contributed by atoms with van der Waals surface area (Å²) in [6, 6.07) is 8.13. The number of hydrogen-bond donors (Lipinski definition) is 2. The Kier molecular flexibility index (Phi) is 7.77. The maximum atomic E-state index is 5.65. The fraction of sp³-hybridized carbons (Fsp3) is 0.412. The summed E-state index contributed by atoms with van der Waals surface area (Å²) in [6.07, 6.45) is 4.43. The lowest BCUT2D eigenvalue weighted by molar-refractivity contribution is 0.288. The van der Waals surface area contributed by atoms with Crippen LogP contribution in [-0.4, -0.2) is 24.6 Å². The molecule has 0 bridgehead atoms. The molecule has 1 aliphatic rings. The van der Waals surface area contributed by atoms with Gasteiger partial charge in [0.25, 0.3) is 0 Å². The molecule has 5 nitrogen and oxygen atoms in total. The largest absolute Gasteiger partial charge is 0.477 e. The first-order valence-electron chi connectivity index (χ1n) is 7.88. The van der Waals surface area contributed by atoms with Gasteiger partial charge < -0.3 is 15.4 Å². The summed E-state index contributed by atoms with van der Waals surface area (Å²) in [4.78, 5) is 9.86. The Balaban J connectivity index is 0.00000208. The maximum absolute atomic E-state index is 5.65. The van der Waals surface area contributed by atoms with E-state index in [-0.39, 0.29) is 24.0 Å². The third-order valence-corrected chi connectivity index (χ3v) is 4.53. The number of rotatable bonds is 7. The lowest BCUT2D eigenvalue weighted by atomic mass is 10.3. The maximum Gasteiger partial charge on any atom is 0.213 e. The van der Waals surface area contributed by atoms with Crippen molar-refractivity contribution in [1.29, 1.82) is 0 Å². The van der Waals surface area contributed by atoms with Gasteiger partial charge in [-0.3, -0.25) is 4.99 Å². The number of nitrogens with one attached hydrogen (secondary N) is 2. The van der Waals surface area contributed by atoms with Gasteiger partial charge in [0.05, 0.1) is 13.2 Å². The van der Waals surface area contributed by atoms with Crippen molar-refractivity contribution in [2.24, 2.45) is 10.9 Å². The third kappa shape index (κ3) is 6.27. The lowest BCUT2D eigenvalue weighted by Gasteiger charge is -2.11. The minimum Gasteiger partial charge on any atom is -0.477 e. The van der Waals surface area contributed by atoms with Gasteiger partial charge in [0, 0.05) is 30.7 Å². The Morgan fingerprint density at radius 3 is 2.75 bits per heavy atom. The van der Waals surface area contributed by atoms with Gasteiger partial charge in [-0.15, -0.1) is 35.3 Å².